The van der Waals surface area contributed by atoms with Crippen molar-refractivity contribution in [1.29, 1.82) is 0 Å². The monoisotopic (exact) mass is 252 g/mol. The van der Waals surface area contributed by atoms with Gasteiger partial charge in [0.15, 0.2) is 0 Å². The van der Waals surface area contributed by atoms with E-state index in [9.17, 15) is 5.11 Å². The Morgan fingerprint density at radius 3 is 2.50 bits per heavy atom. The Kier molecular flexibility index (Phi) is 3.73. The average Bonchev–Trinajstić information content (AvgIpc) is 3.06. The third-order valence-electron chi connectivity index (χ3n) is 3.61. The zero-order valence-corrected chi connectivity index (χ0v) is 11.8. The molecule has 0 aliphatic heterocycles. The van der Waals surface area contributed by atoms with Gasteiger partial charge in [0, 0.05) is 6.04 Å². The molecule has 2 rings (SSSR count). The molecule has 0 amide bonds. The van der Waals surface area contributed by atoms with Crippen LogP contribution in [0.2, 0.25) is 0 Å². The highest BCUT2D eigenvalue weighted by molar-refractivity contribution is 5.03. The van der Waals surface area contributed by atoms with Crippen molar-refractivity contribution in [2.75, 3.05) is 6.61 Å². The van der Waals surface area contributed by atoms with Crippen LogP contribution in [0.3, 0.4) is 0 Å². The zero-order chi connectivity index (χ0) is 13.3. The molecule has 0 bridgehead atoms. The standard InChI is InChI=1S/C13H24N4O/c1-9(2)15-13(8-18,12-5-6-12)7-17-11(4)14-10(3)16-17/h9,12,15,18H,5-8H2,1-4H3. The maximum absolute atomic E-state index is 9.87. The van der Waals surface area contributed by atoms with E-state index in [1.807, 2.05) is 18.5 Å². The molecule has 1 fully saturated rings. The molecule has 102 valence electrons. The van der Waals surface area contributed by atoms with Crippen LogP contribution in [0.15, 0.2) is 0 Å². The van der Waals surface area contributed by atoms with E-state index < -0.39 is 0 Å². The summed E-state index contributed by atoms with van der Waals surface area (Å²) < 4.78 is 1.92. The SMILES string of the molecule is Cc1nc(C)n(CC(CO)(NC(C)C)C2CC2)n1. The largest absolute Gasteiger partial charge is 0.394 e. The number of aryl methyl sites for hydroxylation is 2. The number of nitrogens with one attached hydrogen (secondary N) is 1. The van der Waals surface area contributed by atoms with Gasteiger partial charge in [0.05, 0.1) is 18.7 Å². The normalized spacial score (nSPS) is 19.2. The first-order valence-corrected chi connectivity index (χ1v) is 6.73. The summed E-state index contributed by atoms with van der Waals surface area (Å²) in [7, 11) is 0. The first-order valence-electron chi connectivity index (χ1n) is 6.73. The van der Waals surface area contributed by atoms with Crippen molar-refractivity contribution in [2.45, 2.75) is 58.7 Å². The lowest BCUT2D eigenvalue weighted by atomic mass is 9.93. The minimum atomic E-state index is -0.251. The highest BCUT2D eigenvalue weighted by Crippen LogP contribution is 2.40. The molecule has 5 nitrogen and oxygen atoms in total. The second-order valence-corrected chi connectivity index (χ2v) is 5.75. The molecule has 1 atom stereocenters. The average molecular weight is 252 g/mol. The lowest BCUT2D eigenvalue weighted by molar-refractivity contribution is 0.109. The van der Waals surface area contributed by atoms with E-state index >= 15 is 0 Å². The predicted molar refractivity (Wildman–Crippen MR) is 70.3 cm³/mol. The van der Waals surface area contributed by atoms with Crippen molar-refractivity contribution < 1.29 is 5.11 Å². The lowest BCUT2D eigenvalue weighted by Crippen LogP contribution is -2.56. The molecule has 1 aliphatic carbocycles. The zero-order valence-electron chi connectivity index (χ0n) is 11.8. The molecule has 1 saturated carbocycles. The van der Waals surface area contributed by atoms with Crippen molar-refractivity contribution in [2.24, 2.45) is 5.92 Å². The molecule has 1 unspecified atom stereocenters. The molecular formula is C13H24N4O. The molecule has 1 heterocycles. The minimum Gasteiger partial charge on any atom is -0.394 e. The highest BCUT2D eigenvalue weighted by atomic mass is 16.3. The molecule has 2 N–H and O–H groups in total. The molecule has 0 radical (unpaired) electrons. The molecule has 1 aromatic heterocycles. The van der Waals surface area contributed by atoms with Crippen LogP contribution in [0.1, 0.15) is 38.3 Å². The Balaban J connectivity index is 2.21. The van der Waals surface area contributed by atoms with Crippen molar-refractivity contribution in [3.8, 4) is 0 Å². The molecule has 0 spiro atoms. The van der Waals surface area contributed by atoms with E-state index in [1.165, 1.54) is 12.8 Å². The Labute approximate surface area is 109 Å². The Bertz CT molecular complexity index is 411. The summed E-state index contributed by atoms with van der Waals surface area (Å²) in [5.41, 5.74) is -0.251. The summed E-state index contributed by atoms with van der Waals surface area (Å²) in [6, 6.07) is 0.350. The Morgan fingerprint density at radius 1 is 1.44 bits per heavy atom. The maximum atomic E-state index is 9.87. The topological polar surface area (TPSA) is 63.0 Å². The van der Waals surface area contributed by atoms with Crippen LogP contribution in [0.4, 0.5) is 0 Å². The van der Waals surface area contributed by atoms with Gasteiger partial charge in [-0.25, -0.2) is 9.67 Å². The molecular weight excluding hydrogens is 228 g/mol. The smallest absolute Gasteiger partial charge is 0.147 e. The Hall–Kier alpha value is -0.940. The fourth-order valence-electron chi connectivity index (χ4n) is 2.71. The summed E-state index contributed by atoms with van der Waals surface area (Å²) in [5, 5.41) is 17.8. The minimum absolute atomic E-state index is 0.147. The van der Waals surface area contributed by atoms with E-state index in [0.717, 1.165) is 11.6 Å². The van der Waals surface area contributed by atoms with Gasteiger partial charge in [0.25, 0.3) is 0 Å². The second kappa shape index (κ2) is 4.97. The first kappa shape index (κ1) is 13.5. The highest BCUT2D eigenvalue weighted by Gasteiger charge is 2.45. The van der Waals surface area contributed by atoms with Gasteiger partial charge in [-0.2, -0.15) is 5.10 Å². The third-order valence-corrected chi connectivity index (χ3v) is 3.61. The third kappa shape index (κ3) is 2.72. The summed E-state index contributed by atoms with van der Waals surface area (Å²) >= 11 is 0. The van der Waals surface area contributed by atoms with Crippen LogP contribution in [-0.4, -0.2) is 38.1 Å². The van der Waals surface area contributed by atoms with Crippen LogP contribution in [-0.2, 0) is 6.54 Å². The number of rotatable bonds is 6. The molecule has 0 aromatic carbocycles. The van der Waals surface area contributed by atoms with E-state index in [1.54, 1.807) is 0 Å². The Morgan fingerprint density at radius 2 is 2.11 bits per heavy atom. The van der Waals surface area contributed by atoms with E-state index in [2.05, 4.69) is 29.2 Å². The van der Waals surface area contributed by atoms with Crippen LogP contribution in [0, 0.1) is 19.8 Å². The fourth-order valence-corrected chi connectivity index (χ4v) is 2.71. The summed E-state index contributed by atoms with van der Waals surface area (Å²) in [6.07, 6.45) is 2.38. The lowest BCUT2D eigenvalue weighted by Gasteiger charge is -2.35. The summed E-state index contributed by atoms with van der Waals surface area (Å²) in [6.45, 7) is 8.94. The van der Waals surface area contributed by atoms with Crippen LogP contribution >= 0.6 is 0 Å². The molecule has 0 saturated heterocycles. The quantitative estimate of drug-likeness (QED) is 0.794. The fraction of sp³-hybridized carbons (Fsp3) is 0.846. The van der Waals surface area contributed by atoms with E-state index in [-0.39, 0.29) is 12.1 Å². The second-order valence-electron chi connectivity index (χ2n) is 5.75. The first-order chi connectivity index (χ1) is 8.47. The molecule has 1 aromatic rings. The van der Waals surface area contributed by atoms with Gasteiger partial charge in [-0.15, -0.1) is 0 Å². The molecule has 1 aliphatic rings. The van der Waals surface area contributed by atoms with Gasteiger partial charge in [-0.05, 0) is 32.6 Å². The van der Waals surface area contributed by atoms with E-state index in [0.29, 0.717) is 18.5 Å². The van der Waals surface area contributed by atoms with E-state index in [4.69, 9.17) is 0 Å². The van der Waals surface area contributed by atoms with Crippen LogP contribution in [0.25, 0.3) is 0 Å². The van der Waals surface area contributed by atoms with Gasteiger partial charge < -0.3 is 10.4 Å². The van der Waals surface area contributed by atoms with Gasteiger partial charge in [0.2, 0.25) is 0 Å². The molecule has 18 heavy (non-hydrogen) atoms. The van der Waals surface area contributed by atoms with Crippen LogP contribution in [0.5, 0.6) is 0 Å². The summed E-state index contributed by atoms with van der Waals surface area (Å²) in [5.74, 6) is 2.25. The van der Waals surface area contributed by atoms with Crippen molar-refractivity contribution in [3.63, 3.8) is 0 Å². The van der Waals surface area contributed by atoms with Gasteiger partial charge in [0.1, 0.15) is 11.6 Å². The number of hydrogen-bond acceptors (Lipinski definition) is 4. The predicted octanol–water partition coefficient (Wildman–Crippen LogP) is 1.03. The maximum Gasteiger partial charge on any atom is 0.147 e. The number of aliphatic hydroxyl groups excluding tert-OH is 1. The number of aromatic nitrogens is 3. The summed E-state index contributed by atoms with van der Waals surface area (Å²) in [4.78, 5) is 4.33. The molecule has 5 heteroatoms. The van der Waals surface area contributed by atoms with Crippen molar-refractivity contribution in [3.05, 3.63) is 11.6 Å². The van der Waals surface area contributed by atoms with Crippen molar-refractivity contribution >= 4 is 0 Å². The number of nitrogens with zero attached hydrogens (tertiary/aromatic N) is 3. The van der Waals surface area contributed by atoms with Crippen LogP contribution < -0.4 is 5.32 Å². The van der Waals surface area contributed by atoms with Gasteiger partial charge in [-0.1, -0.05) is 13.8 Å². The van der Waals surface area contributed by atoms with Gasteiger partial charge >= 0.3 is 0 Å². The number of aliphatic hydroxyl groups is 1. The number of hydrogen-bond donors (Lipinski definition) is 2. The van der Waals surface area contributed by atoms with Gasteiger partial charge in [-0.3, -0.25) is 0 Å². The van der Waals surface area contributed by atoms with Crippen molar-refractivity contribution in [1.82, 2.24) is 20.1 Å².